The number of aromatic carboxylic acids is 1. The molecule has 1 aliphatic rings. The van der Waals surface area contributed by atoms with E-state index < -0.39 is 5.97 Å². The first-order valence-electron chi connectivity index (χ1n) is 7.78. The lowest BCUT2D eigenvalue weighted by Crippen LogP contribution is -2.27. The monoisotopic (exact) mass is 401 g/mol. The quantitative estimate of drug-likeness (QED) is 0.603. The number of rotatable bonds is 5. The zero-order valence-electron chi connectivity index (χ0n) is 14.5. The molecule has 1 aliphatic heterocycles. The molecule has 0 aliphatic carbocycles. The minimum absolute atomic E-state index is 0.183. The number of thioether (sulfide) groups is 1. The maximum atomic E-state index is 12.9. The third-order valence-electron chi connectivity index (χ3n) is 3.88. The standard InChI is InChI=1S/C19H15NO5S2/c1-24-13-7-8-14(15(10-13)25-2)20-17(21)16(27-19(20)26)9-11-3-5-12(6-4-11)18(22)23/h3-10H,1-2H3,(H,22,23). The van der Waals surface area contributed by atoms with Crippen LogP contribution in [0.1, 0.15) is 15.9 Å². The lowest BCUT2D eigenvalue weighted by atomic mass is 10.1. The summed E-state index contributed by atoms with van der Waals surface area (Å²) in [5.41, 5.74) is 1.43. The summed E-state index contributed by atoms with van der Waals surface area (Å²) >= 11 is 6.56. The zero-order valence-corrected chi connectivity index (χ0v) is 16.1. The molecule has 6 nitrogen and oxygen atoms in total. The van der Waals surface area contributed by atoms with Crippen LogP contribution in [0.25, 0.3) is 6.08 Å². The van der Waals surface area contributed by atoms with Crippen LogP contribution in [0.4, 0.5) is 5.69 Å². The summed E-state index contributed by atoms with van der Waals surface area (Å²) in [5, 5.41) is 8.97. The van der Waals surface area contributed by atoms with Gasteiger partial charge in [-0.15, -0.1) is 0 Å². The number of carbonyl (C=O) groups is 2. The highest BCUT2D eigenvalue weighted by Gasteiger charge is 2.35. The van der Waals surface area contributed by atoms with E-state index in [0.29, 0.717) is 32.0 Å². The minimum Gasteiger partial charge on any atom is -0.497 e. The number of ether oxygens (including phenoxy) is 2. The van der Waals surface area contributed by atoms with E-state index in [-0.39, 0.29) is 11.5 Å². The van der Waals surface area contributed by atoms with Crippen LogP contribution in [-0.4, -0.2) is 35.5 Å². The number of carbonyl (C=O) groups excluding carboxylic acids is 1. The van der Waals surface area contributed by atoms with Gasteiger partial charge in [0.25, 0.3) is 5.91 Å². The molecule has 0 bridgehead atoms. The van der Waals surface area contributed by atoms with Crippen LogP contribution in [0.2, 0.25) is 0 Å². The van der Waals surface area contributed by atoms with Crippen molar-refractivity contribution in [3.63, 3.8) is 0 Å². The maximum absolute atomic E-state index is 12.9. The molecule has 2 aromatic rings. The Morgan fingerprint density at radius 2 is 1.85 bits per heavy atom. The predicted molar refractivity (Wildman–Crippen MR) is 109 cm³/mol. The van der Waals surface area contributed by atoms with E-state index in [1.54, 1.807) is 43.5 Å². The molecule has 2 aromatic carbocycles. The summed E-state index contributed by atoms with van der Waals surface area (Å²) in [5.74, 6) is -0.192. The van der Waals surface area contributed by atoms with Crippen molar-refractivity contribution in [1.82, 2.24) is 0 Å². The van der Waals surface area contributed by atoms with Crippen molar-refractivity contribution in [3.8, 4) is 11.5 Å². The molecule has 0 aromatic heterocycles. The second-order valence-corrected chi connectivity index (χ2v) is 7.16. The van der Waals surface area contributed by atoms with Crippen LogP contribution < -0.4 is 14.4 Å². The fourth-order valence-electron chi connectivity index (χ4n) is 2.52. The number of hydrogen-bond acceptors (Lipinski definition) is 6. The minimum atomic E-state index is -1.00. The molecule has 0 unspecified atom stereocenters. The van der Waals surface area contributed by atoms with E-state index in [2.05, 4.69) is 0 Å². The second-order valence-electron chi connectivity index (χ2n) is 5.48. The summed E-state index contributed by atoms with van der Waals surface area (Å²) in [6.07, 6.45) is 1.68. The smallest absolute Gasteiger partial charge is 0.335 e. The van der Waals surface area contributed by atoms with E-state index in [1.165, 1.54) is 35.9 Å². The van der Waals surface area contributed by atoms with Gasteiger partial charge in [-0.2, -0.15) is 0 Å². The fourth-order valence-corrected chi connectivity index (χ4v) is 3.80. The van der Waals surface area contributed by atoms with Gasteiger partial charge in [-0.1, -0.05) is 36.1 Å². The van der Waals surface area contributed by atoms with Crippen molar-refractivity contribution in [3.05, 3.63) is 58.5 Å². The van der Waals surface area contributed by atoms with E-state index in [1.807, 2.05) is 0 Å². The molecular weight excluding hydrogens is 386 g/mol. The number of carboxylic acid groups (broad SMARTS) is 1. The molecular formula is C19H15NO5S2. The van der Waals surface area contributed by atoms with Gasteiger partial charge in [0, 0.05) is 6.07 Å². The molecule has 1 fully saturated rings. The van der Waals surface area contributed by atoms with Gasteiger partial charge in [-0.3, -0.25) is 9.69 Å². The van der Waals surface area contributed by atoms with Gasteiger partial charge in [-0.25, -0.2) is 4.79 Å². The van der Waals surface area contributed by atoms with E-state index in [9.17, 15) is 9.59 Å². The average molecular weight is 401 g/mol. The van der Waals surface area contributed by atoms with E-state index >= 15 is 0 Å². The first-order valence-corrected chi connectivity index (χ1v) is 9.00. The first-order chi connectivity index (χ1) is 12.9. The van der Waals surface area contributed by atoms with Crippen LogP contribution in [0.3, 0.4) is 0 Å². The van der Waals surface area contributed by atoms with Crippen LogP contribution in [0.5, 0.6) is 11.5 Å². The topological polar surface area (TPSA) is 76.1 Å². The number of hydrogen-bond donors (Lipinski definition) is 1. The Morgan fingerprint density at radius 3 is 2.44 bits per heavy atom. The number of thiocarbonyl (C=S) groups is 1. The first kappa shape index (κ1) is 18.9. The Labute approximate surface area is 165 Å². The maximum Gasteiger partial charge on any atom is 0.335 e. The molecule has 0 spiro atoms. The average Bonchev–Trinajstić information content (AvgIpc) is 2.94. The Morgan fingerprint density at radius 1 is 1.15 bits per heavy atom. The normalized spacial score (nSPS) is 15.3. The number of carboxylic acids is 1. The molecule has 1 N–H and O–H groups in total. The summed E-state index contributed by atoms with van der Waals surface area (Å²) in [6.45, 7) is 0. The van der Waals surface area contributed by atoms with Crippen molar-refractivity contribution < 1.29 is 24.2 Å². The highest BCUT2D eigenvalue weighted by atomic mass is 32.2. The summed E-state index contributed by atoms with van der Waals surface area (Å²) in [7, 11) is 3.06. The molecule has 0 radical (unpaired) electrons. The number of benzene rings is 2. The van der Waals surface area contributed by atoms with Crippen LogP contribution in [-0.2, 0) is 4.79 Å². The Bertz CT molecular complexity index is 953. The van der Waals surface area contributed by atoms with Crippen LogP contribution in [0.15, 0.2) is 47.4 Å². The molecule has 27 heavy (non-hydrogen) atoms. The molecule has 3 rings (SSSR count). The molecule has 1 saturated heterocycles. The third-order valence-corrected chi connectivity index (χ3v) is 5.18. The Kier molecular flexibility index (Phi) is 5.48. The number of amides is 1. The van der Waals surface area contributed by atoms with Crippen molar-refractivity contribution >= 4 is 51.9 Å². The number of nitrogens with zero attached hydrogens (tertiary/aromatic N) is 1. The lowest BCUT2D eigenvalue weighted by molar-refractivity contribution is -0.113. The molecule has 138 valence electrons. The SMILES string of the molecule is COc1ccc(N2C(=O)C(=Cc3ccc(C(=O)O)cc3)SC2=S)c(OC)c1. The lowest BCUT2D eigenvalue weighted by Gasteiger charge is -2.18. The zero-order chi connectivity index (χ0) is 19.6. The third kappa shape index (κ3) is 3.81. The Hall–Kier alpha value is -2.84. The Balaban J connectivity index is 1.92. The van der Waals surface area contributed by atoms with Crippen molar-refractivity contribution in [2.24, 2.45) is 0 Å². The van der Waals surface area contributed by atoms with Gasteiger partial charge in [0.1, 0.15) is 11.5 Å². The van der Waals surface area contributed by atoms with E-state index in [4.69, 9.17) is 26.8 Å². The second kappa shape index (κ2) is 7.81. The summed E-state index contributed by atoms with van der Waals surface area (Å²) < 4.78 is 10.9. The molecule has 0 atom stereocenters. The molecule has 1 heterocycles. The van der Waals surface area contributed by atoms with Gasteiger partial charge in [0.2, 0.25) is 0 Å². The predicted octanol–water partition coefficient (Wildman–Crippen LogP) is 3.81. The van der Waals surface area contributed by atoms with Crippen LogP contribution >= 0.6 is 24.0 Å². The summed E-state index contributed by atoms with van der Waals surface area (Å²) in [4.78, 5) is 25.7. The molecule has 8 heteroatoms. The highest BCUT2D eigenvalue weighted by Crippen LogP contribution is 2.41. The number of anilines is 1. The van der Waals surface area contributed by atoms with Gasteiger partial charge in [-0.05, 0) is 35.9 Å². The number of methoxy groups -OCH3 is 2. The highest BCUT2D eigenvalue weighted by molar-refractivity contribution is 8.27. The largest absolute Gasteiger partial charge is 0.497 e. The fraction of sp³-hybridized carbons (Fsp3) is 0.105. The van der Waals surface area contributed by atoms with Crippen molar-refractivity contribution in [1.29, 1.82) is 0 Å². The summed E-state index contributed by atoms with van der Waals surface area (Å²) in [6, 6.07) is 11.4. The molecule has 0 saturated carbocycles. The van der Waals surface area contributed by atoms with Crippen molar-refractivity contribution in [2.45, 2.75) is 0 Å². The van der Waals surface area contributed by atoms with Gasteiger partial charge in [0.05, 0.1) is 30.4 Å². The van der Waals surface area contributed by atoms with Crippen molar-refractivity contribution in [2.75, 3.05) is 19.1 Å². The van der Waals surface area contributed by atoms with E-state index in [0.717, 1.165) is 0 Å². The molecule has 1 amide bonds. The van der Waals surface area contributed by atoms with Gasteiger partial charge in [0.15, 0.2) is 4.32 Å². The van der Waals surface area contributed by atoms with Crippen LogP contribution in [0, 0.1) is 0 Å². The van der Waals surface area contributed by atoms with Gasteiger partial charge >= 0.3 is 5.97 Å². The van der Waals surface area contributed by atoms with Gasteiger partial charge < -0.3 is 14.6 Å².